The normalized spacial score (nSPS) is 11.3. The minimum absolute atomic E-state index is 0.203. The molecule has 0 unspecified atom stereocenters. The van der Waals surface area contributed by atoms with Gasteiger partial charge in [-0.2, -0.15) is 9.78 Å². The van der Waals surface area contributed by atoms with Crippen LogP contribution in [-0.2, 0) is 13.0 Å². The molecule has 0 bridgehead atoms. The molecule has 0 aliphatic carbocycles. The molecule has 0 fully saturated rings. The zero-order chi connectivity index (χ0) is 21.8. The van der Waals surface area contributed by atoms with E-state index in [0.29, 0.717) is 40.5 Å². The minimum atomic E-state index is -0.203. The second-order valence-electron chi connectivity index (χ2n) is 6.86. The quantitative estimate of drug-likeness (QED) is 0.315. The monoisotopic (exact) mass is 495 g/mol. The number of aromatic nitrogens is 2. The van der Waals surface area contributed by atoms with Crippen LogP contribution in [0.15, 0.2) is 81.1 Å². The number of rotatable bonds is 6. The third-order valence-electron chi connectivity index (χ3n) is 4.72. The molecule has 0 saturated carbocycles. The van der Waals surface area contributed by atoms with Gasteiger partial charge in [-0.05, 0) is 42.0 Å². The highest BCUT2D eigenvalue weighted by atomic mass is 79.9. The van der Waals surface area contributed by atoms with Gasteiger partial charge in [0.15, 0.2) is 0 Å². The Morgan fingerprint density at radius 3 is 2.77 bits per heavy atom. The van der Waals surface area contributed by atoms with E-state index in [4.69, 9.17) is 16.3 Å². The summed E-state index contributed by atoms with van der Waals surface area (Å²) < 4.78 is 8.05. The van der Waals surface area contributed by atoms with E-state index in [-0.39, 0.29) is 5.56 Å². The van der Waals surface area contributed by atoms with Gasteiger partial charge in [0, 0.05) is 21.5 Å². The van der Waals surface area contributed by atoms with Crippen molar-refractivity contribution in [1.82, 2.24) is 9.66 Å². The van der Waals surface area contributed by atoms with Crippen molar-refractivity contribution in [3.05, 3.63) is 104 Å². The predicted molar refractivity (Wildman–Crippen MR) is 128 cm³/mol. The largest absolute Gasteiger partial charge is 0.489 e. The Kier molecular flexibility index (Phi) is 6.49. The van der Waals surface area contributed by atoms with Crippen molar-refractivity contribution in [3.63, 3.8) is 0 Å². The smallest absolute Gasteiger partial charge is 0.282 e. The Morgan fingerprint density at radius 2 is 1.97 bits per heavy atom. The molecule has 0 N–H and O–H groups in total. The molecule has 0 radical (unpaired) electrons. The van der Waals surface area contributed by atoms with Crippen LogP contribution < -0.4 is 10.3 Å². The highest BCUT2D eigenvalue weighted by Gasteiger charge is 2.09. The molecule has 31 heavy (non-hydrogen) atoms. The van der Waals surface area contributed by atoms with Crippen LogP contribution in [-0.4, -0.2) is 15.9 Å². The van der Waals surface area contributed by atoms with Gasteiger partial charge in [0.1, 0.15) is 18.2 Å². The predicted octanol–water partition coefficient (Wildman–Crippen LogP) is 5.84. The Balaban J connectivity index is 1.61. The molecule has 1 aromatic heterocycles. The molecule has 1 heterocycles. The standard InChI is InChI=1S/C24H19BrClN3O2/c1-2-23-28-22-11-10-18(25)13-20(22)24(30)29(23)27-14-16-6-5-8-19(12-16)31-15-17-7-3-4-9-21(17)26/h3-14H,2,15H2,1H3. The van der Waals surface area contributed by atoms with Crippen molar-refractivity contribution in [2.75, 3.05) is 0 Å². The fourth-order valence-corrected chi connectivity index (χ4v) is 3.68. The third kappa shape index (κ3) is 4.86. The van der Waals surface area contributed by atoms with E-state index in [1.54, 1.807) is 12.3 Å². The zero-order valence-electron chi connectivity index (χ0n) is 16.8. The van der Waals surface area contributed by atoms with Crippen LogP contribution in [0.1, 0.15) is 23.9 Å². The number of hydrogen-bond acceptors (Lipinski definition) is 4. The molecule has 0 aliphatic rings. The zero-order valence-corrected chi connectivity index (χ0v) is 19.1. The number of aryl methyl sites for hydroxylation is 1. The van der Waals surface area contributed by atoms with E-state index in [0.717, 1.165) is 15.6 Å². The summed E-state index contributed by atoms with van der Waals surface area (Å²) in [5, 5.41) is 5.61. The fraction of sp³-hybridized carbons (Fsp3) is 0.125. The summed E-state index contributed by atoms with van der Waals surface area (Å²) in [5.74, 6) is 1.29. The summed E-state index contributed by atoms with van der Waals surface area (Å²) in [6.45, 7) is 2.31. The van der Waals surface area contributed by atoms with Crippen LogP contribution in [0.25, 0.3) is 10.9 Å². The Labute approximate surface area is 193 Å². The Morgan fingerprint density at radius 1 is 1.13 bits per heavy atom. The van der Waals surface area contributed by atoms with Gasteiger partial charge in [-0.25, -0.2) is 4.98 Å². The maximum Gasteiger partial charge on any atom is 0.282 e. The lowest BCUT2D eigenvalue weighted by Gasteiger charge is -2.09. The number of hydrogen-bond donors (Lipinski definition) is 0. The van der Waals surface area contributed by atoms with Crippen molar-refractivity contribution in [3.8, 4) is 5.75 Å². The molecule has 0 aliphatic heterocycles. The molecule has 4 rings (SSSR count). The van der Waals surface area contributed by atoms with Crippen LogP contribution in [0, 0.1) is 0 Å². The average molecular weight is 497 g/mol. The summed E-state index contributed by atoms with van der Waals surface area (Å²) in [4.78, 5) is 17.6. The fourth-order valence-electron chi connectivity index (χ4n) is 3.13. The van der Waals surface area contributed by atoms with E-state index < -0.39 is 0 Å². The van der Waals surface area contributed by atoms with Gasteiger partial charge >= 0.3 is 0 Å². The lowest BCUT2D eigenvalue weighted by molar-refractivity contribution is 0.306. The summed E-state index contributed by atoms with van der Waals surface area (Å²) in [5.41, 5.74) is 2.17. The molecule has 0 spiro atoms. The second kappa shape index (κ2) is 9.45. The molecule has 4 aromatic rings. The van der Waals surface area contributed by atoms with Crippen molar-refractivity contribution < 1.29 is 4.74 Å². The van der Waals surface area contributed by atoms with E-state index in [2.05, 4.69) is 26.0 Å². The van der Waals surface area contributed by atoms with Crippen LogP contribution in [0.3, 0.4) is 0 Å². The lowest BCUT2D eigenvalue weighted by Crippen LogP contribution is -2.22. The van der Waals surface area contributed by atoms with Crippen LogP contribution in [0.2, 0.25) is 5.02 Å². The Bertz CT molecular complexity index is 1330. The van der Waals surface area contributed by atoms with Crippen LogP contribution in [0.4, 0.5) is 0 Å². The molecule has 0 saturated heterocycles. The molecule has 5 nitrogen and oxygen atoms in total. The van der Waals surface area contributed by atoms with Gasteiger partial charge in [0.05, 0.1) is 17.1 Å². The number of fused-ring (bicyclic) bond motifs is 1. The molecule has 0 amide bonds. The van der Waals surface area contributed by atoms with Crippen LogP contribution in [0.5, 0.6) is 5.75 Å². The molecule has 7 heteroatoms. The van der Waals surface area contributed by atoms with Gasteiger partial charge in [0.2, 0.25) is 0 Å². The summed E-state index contributed by atoms with van der Waals surface area (Å²) in [6.07, 6.45) is 2.22. The first-order chi connectivity index (χ1) is 15.0. The summed E-state index contributed by atoms with van der Waals surface area (Å²) in [7, 11) is 0. The molecule has 3 aromatic carbocycles. The van der Waals surface area contributed by atoms with E-state index >= 15 is 0 Å². The molecular weight excluding hydrogens is 478 g/mol. The van der Waals surface area contributed by atoms with E-state index in [9.17, 15) is 4.79 Å². The van der Waals surface area contributed by atoms with Gasteiger partial charge in [-0.1, -0.05) is 64.8 Å². The topological polar surface area (TPSA) is 56.5 Å². The maximum absolute atomic E-state index is 13.0. The van der Waals surface area contributed by atoms with Crippen LogP contribution >= 0.6 is 27.5 Å². The van der Waals surface area contributed by atoms with Crippen molar-refractivity contribution >= 4 is 44.6 Å². The number of benzene rings is 3. The number of ether oxygens (including phenoxy) is 1. The SMILES string of the molecule is CCc1nc2ccc(Br)cc2c(=O)n1N=Cc1cccc(OCc2ccccc2Cl)c1. The second-order valence-corrected chi connectivity index (χ2v) is 8.18. The van der Waals surface area contributed by atoms with Crippen molar-refractivity contribution in [2.45, 2.75) is 20.0 Å². The summed E-state index contributed by atoms with van der Waals surface area (Å²) >= 11 is 9.60. The number of nitrogens with zero attached hydrogens (tertiary/aromatic N) is 3. The first kappa shape index (κ1) is 21.3. The molecule has 0 atom stereocenters. The van der Waals surface area contributed by atoms with Crippen molar-refractivity contribution in [2.24, 2.45) is 5.10 Å². The minimum Gasteiger partial charge on any atom is -0.489 e. The lowest BCUT2D eigenvalue weighted by atomic mass is 10.2. The van der Waals surface area contributed by atoms with Gasteiger partial charge in [-0.3, -0.25) is 4.79 Å². The van der Waals surface area contributed by atoms with Gasteiger partial charge in [0.25, 0.3) is 5.56 Å². The number of halogens is 2. The van der Waals surface area contributed by atoms with Crippen molar-refractivity contribution in [1.29, 1.82) is 0 Å². The van der Waals surface area contributed by atoms with Gasteiger partial charge in [-0.15, -0.1) is 0 Å². The first-order valence-corrected chi connectivity index (χ1v) is 10.9. The molecular formula is C24H19BrClN3O2. The third-order valence-corrected chi connectivity index (χ3v) is 5.59. The first-order valence-electron chi connectivity index (χ1n) is 9.77. The molecule has 156 valence electrons. The Hall–Kier alpha value is -2.96. The average Bonchev–Trinajstić information content (AvgIpc) is 2.78. The van der Waals surface area contributed by atoms with Gasteiger partial charge < -0.3 is 4.74 Å². The maximum atomic E-state index is 13.0. The highest BCUT2D eigenvalue weighted by molar-refractivity contribution is 9.10. The van der Waals surface area contributed by atoms with E-state index in [1.807, 2.05) is 67.6 Å². The summed E-state index contributed by atoms with van der Waals surface area (Å²) in [6, 6.07) is 20.5. The highest BCUT2D eigenvalue weighted by Crippen LogP contribution is 2.19. The van der Waals surface area contributed by atoms with E-state index in [1.165, 1.54) is 4.68 Å².